The Morgan fingerprint density at radius 3 is 2.62 bits per heavy atom. The van der Waals surface area contributed by atoms with E-state index < -0.39 is 16.7 Å². The molecule has 8 nitrogen and oxygen atoms in total. The molecule has 0 spiro atoms. The highest BCUT2D eigenvalue weighted by molar-refractivity contribution is 6.35. The van der Waals surface area contributed by atoms with E-state index in [-0.39, 0.29) is 16.8 Å². The Hall–Kier alpha value is -2.48. The van der Waals surface area contributed by atoms with Crippen molar-refractivity contribution < 1.29 is 14.5 Å². The summed E-state index contributed by atoms with van der Waals surface area (Å²) in [4.78, 5) is 32.7. The molecule has 0 aliphatic carbocycles. The van der Waals surface area contributed by atoms with Crippen LogP contribution >= 0.6 is 11.6 Å². The van der Waals surface area contributed by atoms with Gasteiger partial charge in [0.2, 0.25) is 0 Å². The molecule has 112 valence electrons. The van der Waals surface area contributed by atoms with Crippen molar-refractivity contribution in [3.63, 3.8) is 0 Å². The van der Waals surface area contributed by atoms with Gasteiger partial charge in [-0.1, -0.05) is 17.7 Å². The molecule has 0 fully saturated rings. The van der Waals surface area contributed by atoms with Crippen molar-refractivity contribution >= 4 is 35.3 Å². The molecule has 0 saturated heterocycles. The van der Waals surface area contributed by atoms with Crippen LogP contribution in [-0.2, 0) is 9.59 Å². The summed E-state index contributed by atoms with van der Waals surface area (Å²) in [6.45, 7) is 3.42. The number of nitro benzene ring substituents is 1. The first-order valence-corrected chi connectivity index (χ1v) is 6.27. The van der Waals surface area contributed by atoms with Crippen molar-refractivity contribution in [3.8, 4) is 0 Å². The number of nitrogens with one attached hydrogen (secondary N) is 2. The number of benzene rings is 1. The molecule has 21 heavy (non-hydrogen) atoms. The molecule has 1 aromatic carbocycles. The molecular weight excluding hydrogens is 300 g/mol. The average molecular weight is 313 g/mol. The zero-order valence-corrected chi connectivity index (χ0v) is 12.0. The number of hydrogen-bond donors (Lipinski definition) is 2. The van der Waals surface area contributed by atoms with Crippen LogP contribution in [0.2, 0.25) is 5.02 Å². The molecule has 2 N–H and O–H groups in total. The summed E-state index contributed by atoms with van der Waals surface area (Å²) in [7, 11) is 0. The molecule has 0 saturated carbocycles. The van der Waals surface area contributed by atoms with Gasteiger partial charge in [-0.25, -0.2) is 5.43 Å². The molecule has 0 heterocycles. The number of nitrogens with zero attached hydrogens (tertiary/aromatic N) is 2. The highest BCUT2D eigenvalue weighted by Gasteiger charge is 2.14. The summed E-state index contributed by atoms with van der Waals surface area (Å²) in [5, 5.41) is 16.6. The Kier molecular flexibility index (Phi) is 5.79. The van der Waals surface area contributed by atoms with Crippen molar-refractivity contribution in [2.45, 2.75) is 19.9 Å². The number of halogens is 1. The quantitative estimate of drug-likeness (QED) is 0.376. The minimum atomic E-state index is -0.927. The topological polar surface area (TPSA) is 114 Å². The van der Waals surface area contributed by atoms with E-state index in [9.17, 15) is 19.7 Å². The van der Waals surface area contributed by atoms with Crippen LogP contribution in [0.1, 0.15) is 19.4 Å². The normalized spacial score (nSPS) is 10.7. The minimum absolute atomic E-state index is 0.00232. The Morgan fingerprint density at radius 2 is 2.05 bits per heavy atom. The molecular formula is C12H13ClN4O4. The summed E-state index contributed by atoms with van der Waals surface area (Å²) in [6.07, 6.45) is 1.17. The zero-order chi connectivity index (χ0) is 16.0. The maximum absolute atomic E-state index is 11.3. The van der Waals surface area contributed by atoms with Crippen LogP contribution in [0, 0.1) is 10.1 Å². The molecule has 0 bridgehead atoms. The molecule has 9 heteroatoms. The SMILES string of the molecule is CC(C)NC(=O)C(=O)N/N=C\c1ccc(Cl)c([N+](=O)[O-])c1. The first-order chi connectivity index (χ1) is 9.81. The van der Waals surface area contributed by atoms with Crippen LogP contribution in [0.5, 0.6) is 0 Å². The molecule has 0 radical (unpaired) electrons. The summed E-state index contributed by atoms with van der Waals surface area (Å²) in [5.74, 6) is -1.74. The smallest absolute Gasteiger partial charge is 0.329 e. The second-order valence-corrected chi connectivity index (χ2v) is 4.70. The van der Waals surface area contributed by atoms with Gasteiger partial charge in [-0.3, -0.25) is 19.7 Å². The van der Waals surface area contributed by atoms with Gasteiger partial charge >= 0.3 is 11.8 Å². The van der Waals surface area contributed by atoms with Crippen molar-refractivity contribution in [3.05, 3.63) is 38.9 Å². The number of nitro groups is 1. The molecule has 2 amide bonds. The van der Waals surface area contributed by atoms with E-state index in [0.717, 1.165) is 0 Å². The summed E-state index contributed by atoms with van der Waals surface area (Å²) < 4.78 is 0. The van der Waals surface area contributed by atoms with Crippen LogP contribution in [0.15, 0.2) is 23.3 Å². The summed E-state index contributed by atoms with van der Waals surface area (Å²) in [5.41, 5.74) is 2.10. The van der Waals surface area contributed by atoms with E-state index in [1.54, 1.807) is 13.8 Å². The predicted octanol–water partition coefficient (Wildman–Crippen LogP) is 1.22. The van der Waals surface area contributed by atoms with Crippen LogP contribution in [0.25, 0.3) is 0 Å². The van der Waals surface area contributed by atoms with Gasteiger partial charge < -0.3 is 5.32 Å². The Balaban J connectivity index is 2.70. The van der Waals surface area contributed by atoms with E-state index in [2.05, 4.69) is 10.4 Å². The Morgan fingerprint density at radius 1 is 1.38 bits per heavy atom. The second-order valence-electron chi connectivity index (χ2n) is 4.30. The Bertz CT molecular complexity index is 601. The highest BCUT2D eigenvalue weighted by Crippen LogP contribution is 2.24. The molecule has 0 aromatic heterocycles. The molecule has 1 rings (SSSR count). The first-order valence-electron chi connectivity index (χ1n) is 5.89. The molecule has 0 atom stereocenters. The number of rotatable bonds is 4. The number of hydrogen-bond acceptors (Lipinski definition) is 5. The van der Waals surface area contributed by atoms with E-state index in [0.29, 0.717) is 5.56 Å². The third kappa shape index (κ3) is 5.19. The zero-order valence-electron chi connectivity index (χ0n) is 11.3. The number of hydrazone groups is 1. The number of amides is 2. The fourth-order valence-electron chi connectivity index (χ4n) is 1.29. The Labute approximate surface area is 125 Å². The van der Waals surface area contributed by atoms with E-state index in [1.807, 2.05) is 5.43 Å². The summed E-state index contributed by atoms with van der Waals surface area (Å²) in [6, 6.07) is 3.85. The maximum atomic E-state index is 11.3. The van der Waals surface area contributed by atoms with Crippen molar-refractivity contribution in [2.24, 2.45) is 5.10 Å². The number of carbonyl (C=O) groups excluding carboxylic acids is 2. The van der Waals surface area contributed by atoms with Gasteiger partial charge in [0.1, 0.15) is 5.02 Å². The van der Waals surface area contributed by atoms with Gasteiger partial charge in [0.05, 0.1) is 11.1 Å². The van der Waals surface area contributed by atoms with E-state index >= 15 is 0 Å². The lowest BCUT2D eigenvalue weighted by Gasteiger charge is -2.05. The molecule has 0 unspecified atom stereocenters. The van der Waals surface area contributed by atoms with Gasteiger partial charge in [0.15, 0.2) is 0 Å². The lowest BCUT2D eigenvalue weighted by atomic mass is 10.2. The maximum Gasteiger partial charge on any atom is 0.329 e. The number of carbonyl (C=O) groups is 2. The van der Waals surface area contributed by atoms with Gasteiger partial charge in [-0.2, -0.15) is 5.10 Å². The fourth-order valence-corrected chi connectivity index (χ4v) is 1.48. The third-order valence-corrected chi connectivity index (χ3v) is 2.49. The van der Waals surface area contributed by atoms with Crippen LogP contribution in [0.4, 0.5) is 5.69 Å². The predicted molar refractivity (Wildman–Crippen MR) is 77.1 cm³/mol. The van der Waals surface area contributed by atoms with Crippen LogP contribution in [-0.4, -0.2) is 29.0 Å². The molecule has 1 aromatic rings. The molecule has 0 aliphatic rings. The highest BCUT2D eigenvalue weighted by atomic mass is 35.5. The van der Waals surface area contributed by atoms with Crippen molar-refractivity contribution in [1.29, 1.82) is 0 Å². The van der Waals surface area contributed by atoms with Crippen molar-refractivity contribution in [2.75, 3.05) is 0 Å². The van der Waals surface area contributed by atoms with Crippen molar-refractivity contribution in [1.82, 2.24) is 10.7 Å². The van der Waals surface area contributed by atoms with Gasteiger partial charge in [-0.15, -0.1) is 0 Å². The third-order valence-electron chi connectivity index (χ3n) is 2.17. The lowest BCUT2D eigenvalue weighted by molar-refractivity contribution is -0.384. The first kappa shape index (κ1) is 16.6. The average Bonchev–Trinajstić information content (AvgIpc) is 2.39. The monoisotopic (exact) mass is 312 g/mol. The molecule has 0 aliphatic heterocycles. The van der Waals surface area contributed by atoms with Crippen LogP contribution < -0.4 is 10.7 Å². The second kappa shape index (κ2) is 7.34. The minimum Gasteiger partial charge on any atom is -0.346 e. The standard InChI is InChI=1S/C12H13ClN4O4/c1-7(2)15-11(18)12(19)16-14-6-8-3-4-9(13)10(5-8)17(20)21/h3-7H,1-2H3,(H,15,18)(H,16,19)/b14-6-. The lowest BCUT2D eigenvalue weighted by Crippen LogP contribution is -2.41. The largest absolute Gasteiger partial charge is 0.346 e. The van der Waals surface area contributed by atoms with Gasteiger partial charge in [0, 0.05) is 17.7 Å². The summed E-state index contributed by atoms with van der Waals surface area (Å²) >= 11 is 5.66. The van der Waals surface area contributed by atoms with E-state index in [4.69, 9.17) is 11.6 Å². The fraction of sp³-hybridized carbons (Fsp3) is 0.250. The van der Waals surface area contributed by atoms with Gasteiger partial charge in [0.25, 0.3) is 5.69 Å². The van der Waals surface area contributed by atoms with E-state index in [1.165, 1.54) is 24.4 Å². The van der Waals surface area contributed by atoms with Gasteiger partial charge in [-0.05, 0) is 19.9 Å². The van der Waals surface area contributed by atoms with Crippen LogP contribution in [0.3, 0.4) is 0 Å².